The van der Waals surface area contributed by atoms with E-state index in [0.717, 1.165) is 16.2 Å². The Morgan fingerprint density at radius 3 is 3.04 bits per heavy atom. The van der Waals surface area contributed by atoms with Gasteiger partial charge in [-0.2, -0.15) is 11.8 Å². The molecule has 0 unspecified atom stereocenters. The molecule has 0 saturated carbocycles. The first-order chi connectivity index (χ1) is 11.7. The van der Waals surface area contributed by atoms with E-state index in [2.05, 4.69) is 19.7 Å². The molecule has 1 N–H and O–H groups in total. The van der Waals surface area contributed by atoms with Crippen LogP contribution in [0, 0.1) is 0 Å². The van der Waals surface area contributed by atoms with Gasteiger partial charge >= 0.3 is 0 Å². The number of halogens is 2. The Labute approximate surface area is 154 Å². The zero-order chi connectivity index (χ0) is 16.5. The van der Waals surface area contributed by atoms with Crippen LogP contribution in [0.25, 0.3) is 5.65 Å². The summed E-state index contributed by atoms with van der Waals surface area (Å²) < 4.78 is 2.07. The average molecular weight is 379 g/mol. The number of hydrogen-bond acceptors (Lipinski definition) is 4. The normalized spacial score (nSPS) is 17.5. The van der Waals surface area contributed by atoms with Gasteiger partial charge in [0.2, 0.25) is 0 Å². The fourth-order valence-corrected chi connectivity index (χ4v) is 4.67. The molecule has 24 heavy (non-hydrogen) atoms. The van der Waals surface area contributed by atoms with Crippen molar-refractivity contribution in [1.82, 2.24) is 14.4 Å². The molecule has 1 aliphatic heterocycles. The predicted octanol–water partition coefficient (Wildman–Crippen LogP) is 5.22. The van der Waals surface area contributed by atoms with Gasteiger partial charge < -0.3 is 5.32 Å². The van der Waals surface area contributed by atoms with Crippen LogP contribution in [-0.2, 0) is 6.54 Å². The summed E-state index contributed by atoms with van der Waals surface area (Å²) in [5.41, 5.74) is 3.09. The molecule has 0 spiro atoms. The highest BCUT2D eigenvalue weighted by atomic mass is 35.5. The summed E-state index contributed by atoms with van der Waals surface area (Å²) in [5, 5.41) is 5.00. The predicted molar refractivity (Wildman–Crippen MR) is 101 cm³/mol. The number of nitrogens with zero attached hydrogens (tertiary/aromatic N) is 3. The van der Waals surface area contributed by atoms with Gasteiger partial charge in [0, 0.05) is 23.0 Å². The maximum Gasteiger partial charge on any atom is 0.180 e. The molecular weight excluding hydrogens is 363 g/mol. The molecule has 1 saturated heterocycles. The molecule has 4 nitrogen and oxygen atoms in total. The summed E-state index contributed by atoms with van der Waals surface area (Å²) in [6.45, 7) is 0.615. The molecule has 0 aliphatic carbocycles. The van der Waals surface area contributed by atoms with Gasteiger partial charge in [-0.15, -0.1) is 0 Å². The number of fused-ring (bicyclic) bond motifs is 1. The van der Waals surface area contributed by atoms with Gasteiger partial charge in [-0.1, -0.05) is 35.3 Å². The fraction of sp³-hybridized carbons (Fsp3) is 0.294. The average Bonchev–Trinajstić information content (AvgIpc) is 3.21. The maximum atomic E-state index is 6.24. The smallest absolute Gasteiger partial charge is 0.180 e. The van der Waals surface area contributed by atoms with Crippen molar-refractivity contribution in [2.75, 3.05) is 11.1 Å². The molecule has 124 valence electrons. The van der Waals surface area contributed by atoms with E-state index >= 15 is 0 Å². The van der Waals surface area contributed by atoms with Crippen molar-refractivity contribution < 1.29 is 0 Å². The number of anilines is 1. The summed E-state index contributed by atoms with van der Waals surface area (Å²) in [4.78, 5) is 8.98. The molecule has 0 bridgehead atoms. The highest BCUT2D eigenvalue weighted by Gasteiger charge is 2.22. The van der Waals surface area contributed by atoms with E-state index in [1.165, 1.54) is 24.3 Å². The van der Waals surface area contributed by atoms with Crippen LogP contribution in [0.5, 0.6) is 0 Å². The van der Waals surface area contributed by atoms with Gasteiger partial charge in [0.1, 0.15) is 5.15 Å². The number of imidazole rings is 1. The highest BCUT2D eigenvalue weighted by Crippen LogP contribution is 2.40. The molecule has 4 rings (SSSR count). The van der Waals surface area contributed by atoms with Crippen LogP contribution < -0.4 is 5.32 Å². The summed E-state index contributed by atoms with van der Waals surface area (Å²) in [7, 11) is 0. The van der Waals surface area contributed by atoms with Crippen molar-refractivity contribution >= 4 is 46.4 Å². The standard InChI is InChI=1S/C17H16Cl2N4S/c18-12-4-1-3-11(7-12)8-20-16-17-21-9-13(14-5-2-6-24-14)23(17)10-15(19)22-16/h1,3-4,7,9-10,14H,2,5-6,8H2,(H,20,22)/t14-/m0/s1. The second-order valence-corrected chi connectivity index (χ2v) is 7.91. The molecule has 7 heteroatoms. The van der Waals surface area contributed by atoms with Crippen molar-refractivity contribution in [2.24, 2.45) is 0 Å². The van der Waals surface area contributed by atoms with E-state index in [9.17, 15) is 0 Å². The first-order valence-electron chi connectivity index (χ1n) is 7.84. The minimum atomic E-state index is 0.457. The van der Waals surface area contributed by atoms with Crippen molar-refractivity contribution in [1.29, 1.82) is 0 Å². The van der Waals surface area contributed by atoms with Crippen molar-refractivity contribution in [3.05, 3.63) is 58.1 Å². The van der Waals surface area contributed by atoms with Gasteiger partial charge in [0.15, 0.2) is 11.5 Å². The summed E-state index contributed by atoms with van der Waals surface area (Å²) in [6, 6.07) is 7.75. The summed E-state index contributed by atoms with van der Waals surface area (Å²) in [5.74, 6) is 1.90. The third kappa shape index (κ3) is 3.21. The number of thioether (sulfide) groups is 1. The van der Waals surface area contributed by atoms with Crippen LogP contribution in [0.15, 0.2) is 36.7 Å². The summed E-state index contributed by atoms with van der Waals surface area (Å²) >= 11 is 14.3. The minimum Gasteiger partial charge on any atom is -0.363 e. The lowest BCUT2D eigenvalue weighted by Crippen LogP contribution is -2.05. The molecule has 1 aliphatic rings. The van der Waals surface area contributed by atoms with Crippen LogP contribution in [0.4, 0.5) is 5.82 Å². The Morgan fingerprint density at radius 1 is 1.33 bits per heavy atom. The number of aromatic nitrogens is 3. The lowest BCUT2D eigenvalue weighted by Gasteiger charge is -2.11. The first kappa shape index (κ1) is 16.1. The Bertz CT molecular complexity index is 874. The quantitative estimate of drug-likeness (QED) is 0.675. The van der Waals surface area contributed by atoms with Crippen LogP contribution in [0.3, 0.4) is 0 Å². The topological polar surface area (TPSA) is 42.2 Å². The van der Waals surface area contributed by atoms with E-state index in [-0.39, 0.29) is 0 Å². The van der Waals surface area contributed by atoms with E-state index in [1.807, 2.05) is 48.4 Å². The number of rotatable bonds is 4. The Balaban J connectivity index is 1.65. The van der Waals surface area contributed by atoms with Crippen LogP contribution in [0.2, 0.25) is 10.2 Å². The minimum absolute atomic E-state index is 0.457. The molecule has 0 radical (unpaired) electrons. The zero-order valence-electron chi connectivity index (χ0n) is 12.9. The van der Waals surface area contributed by atoms with Crippen molar-refractivity contribution in [3.63, 3.8) is 0 Å². The van der Waals surface area contributed by atoms with E-state index in [1.54, 1.807) is 0 Å². The first-order valence-corrected chi connectivity index (χ1v) is 9.64. The maximum absolute atomic E-state index is 6.24. The lowest BCUT2D eigenvalue weighted by molar-refractivity contribution is 0.798. The monoisotopic (exact) mass is 378 g/mol. The molecule has 1 aromatic carbocycles. The molecule has 0 amide bonds. The molecule has 1 atom stereocenters. The molecular formula is C17H16Cl2N4S. The van der Waals surface area contributed by atoms with E-state index < -0.39 is 0 Å². The third-order valence-corrected chi connectivity index (χ3v) is 5.92. The lowest BCUT2D eigenvalue weighted by atomic mass is 10.2. The van der Waals surface area contributed by atoms with Gasteiger partial charge in [-0.25, -0.2) is 9.97 Å². The number of hydrogen-bond donors (Lipinski definition) is 1. The zero-order valence-corrected chi connectivity index (χ0v) is 15.2. The van der Waals surface area contributed by atoms with Crippen LogP contribution >= 0.6 is 35.0 Å². The molecule has 2 aromatic heterocycles. The van der Waals surface area contributed by atoms with Crippen LogP contribution in [-0.4, -0.2) is 20.1 Å². The van der Waals surface area contributed by atoms with E-state index in [4.69, 9.17) is 23.2 Å². The second kappa shape index (κ2) is 6.82. The fourth-order valence-electron chi connectivity index (χ4n) is 2.98. The SMILES string of the molecule is Clc1cccc(CNc2nc(Cl)cn3c([C@@H]4CCCS4)cnc23)c1. The molecule has 3 aromatic rings. The second-order valence-electron chi connectivity index (χ2n) is 5.77. The van der Waals surface area contributed by atoms with Gasteiger partial charge in [0.05, 0.1) is 11.9 Å². The Kier molecular flexibility index (Phi) is 4.57. The number of benzene rings is 1. The molecule has 1 fully saturated rings. The van der Waals surface area contributed by atoms with Crippen molar-refractivity contribution in [3.8, 4) is 0 Å². The van der Waals surface area contributed by atoms with E-state index in [0.29, 0.717) is 22.8 Å². The Hall–Kier alpha value is -1.43. The third-order valence-electron chi connectivity index (χ3n) is 4.10. The van der Waals surface area contributed by atoms with Crippen molar-refractivity contribution in [2.45, 2.75) is 24.6 Å². The van der Waals surface area contributed by atoms with Gasteiger partial charge in [-0.3, -0.25) is 4.40 Å². The molecule has 3 heterocycles. The van der Waals surface area contributed by atoms with Gasteiger partial charge in [0.25, 0.3) is 0 Å². The number of nitrogens with one attached hydrogen (secondary N) is 1. The summed E-state index contributed by atoms with van der Waals surface area (Å²) in [6.07, 6.45) is 6.23. The Morgan fingerprint density at radius 2 is 2.25 bits per heavy atom. The highest BCUT2D eigenvalue weighted by molar-refractivity contribution is 7.99. The van der Waals surface area contributed by atoms with Gasteiger partial charge in [-0.05, 0) is 36.3 Å². The van der Waals surface area contributed by atoms with Crippen LogP contribution in [0.1, 0.15) is 29.3 Å². The largest absolute Gasteiger partial charge is 0.363 e.